The maximum Gasteiger partial charge on any atom is 0.255 e. The van der Waals surface area contributed by atoms with Gasteiger partial charge in [0.25, 0.3) is 5.91 Å². The van der Waals surface area contributed by atoms with Gasteiger partial charge in [-0.15, -0.1) is 0 Å². The number of ether oxygens (including phenoxy) is 1. The zero-order valence-electron chi connectivity index (χ0n) is 12.9. The van der Waals surface area contributed by atoms with Crippen molar-refractivity contribution in [3.8, 4) is 5.75 Å². The van der Waals surface area contributed by atoms with Gasteiger partial charge in [0.05, 0.1) is 17.6 Å². The highest BCUT2D eigenvalue weighted by molar-refractivity contribution is 7.89. The molecule has 0 aliphatic carbocycles. The van der Waals surface area contributed by atoms with Gasteiger partial charge in [-0.2, -0.15) is 0 Å². The number of carbonyl (C=O) groups excluding carboxylic acids is 1. The Bertz CT molecular complexity index is 832. The molecule has 0 aliphatic rings. The maximum atomic E-state index is 12.3. The second kappa shape index (κ2) is 6.80. The van der Waals surface area contributed by atoms with Gasteiger partial charge in [0.2, 0.25) is 10.0 Å². The Labute approximate surface area is 135 Å². The molecule has 0 atom stereocenters. The second-order valence-electron chi connectivity index (χ2n) is 5.08. The first-order valence-electron chi connectivity index (χ1n) is 6.86. The van der Waals surface area contributed by atoms with Crippen LogP contribution in [0.15, 0.2) is 47.4 Å². The van der Waals surface area contributed by atoms with Crippen molar-refractivity contribution in [2.24, 2.45) is 5.14 Å². The molecule has 2 aromatic rings. The quantitative estimate of drug-likeness (QED) is 0.867. The predicted molar refractivity (Wildman–Crippen MR) is 86.7 cm³/mol. The van der Waals surface area contributed by atoms with Gasteiger partial charge >= 0.3 is 0 Å². The number of carbonyl (C=O) groups is 1. The molecule has 0 bridgehead atoms. The number of nitrogens with two attached hydrogens (primary N) is 1. The van der Waals surface area contributed by atoms with Gasteiger partial charge in [-0.1, -0.05) is 29.8 Å². The number of hydrogen-bond donors (Lipinski definition) is 2. The van der Waals surface area contributed by atoms with E-state index in [1.54, 1.807) is 0 Å². The van der Waals surface area contributed by atoms with Crippen molar-refractivity contribution in [1.82, 2.24) is 5.32 Å². The number of methoxy groups -OCH3 is 1. The first kappa shape index (κ1) is 17.0. The van der Waals surface area contributed by atoms with E-state index in [1.807, 2.05) is 31.2 Å². The van der Waals surface area contributed by atoms with Crippen LogP contribution in [0, 0.1) is 6.92 Å². The van der Waals surface area contributed by atoms with Gasteiger partial charge in [-0.3, -0.25) is 4.79 Å². The summed E-state index contributed by atoms with van der Waals surface area (Å²) in [5, 5.41) is 7.84. The van der Waals surface area contributed by atoms with E-state index in [4.69, 9.17) is 9.88 Å². The van der Waals surface area contributed by atoms with Crippen molar-refractivity contribution in [1.29, 1.82) is 0 Å². The van der Waals surface area contributed by atoms with E-state index in [1.165, 1.54) is 25.3 Å². The Balaban J connectivity index is 2.24. The third-order valence-corrected chi connectivity index (χ3v) is 4.19. The largest absolute Gasteiger partial charge is 0.496 e. The van der Waals surface area contributed by atoms with E-state index in [0.717, 1.165) is 11.1 Å². The Kier molecular flexibility index (Phi) is 5.02. The Hall–Kier alpha value is -2.38. The minimum atomic E-state index is -3.89. The molecule has 2 aromatic carbocycles. The highest BCUT2D eigenvalue weighted by Crippen LogP contribution is 2.22. The number of amides is 1. The third kappa shape index (κ3) is 4.30. The molecule has 2 rings (SSSR count). The molecule has 0 saturated carbocycles. The maximum absolute atomic E-state index is 12.3. The first-order valence-corrected chi connectivity index (χ1v) is 8.40. The van der Waals surface area contributed by atoms with Crippen molar-refractivity contribution in [2.45, 2.75) is 18.4 Å². The molecule has 1 amide bonds. The number of rotatable bonds is 5. The number of hydrogen-bond acceptors (Lipinski definition) is 4. The van der Waals surface area contributed by atoms with Crippen molar-refractivity contribution in [2.75, 3.05) is 7.11 Å². The van der Waals surface area contributed by atoms with Crippen molar-refractivity contribution in [3.63, 3.8) is 0 Å². The number of aryl methyl sites for hydroxylation is 1. The monoisotopic (exact) mass is 334 g/mol. The van der Waals surface area contributed by atoms with E-state index < -0.39 is 15.9 Å². The van der Waals surface area contributed by atoms with Crippen LogP contribution in [0.3, 0.4) is 0 Å². The molecule has 3 N–H and O–H groups in total. The van der Waals surface area contributed by atoms with Gasteiger partial charge in [0.15, 0.2) is 0 Å². The minimum Gasteiger partial charge on any atom is -0.496 e. The predicted octanol–water partition coefficient (Wildman–Crippen LogP) is 1.58. The minimum absolute atomic E-state index is 0.117. The number of primary sulfonamides is 1. The molecule has 0 fully saturated rings. The lowest BCUT2D eigenvalue weighted by molar-refractivity contribution is 0.0947. The van der Waals surface area contributed by atoms with Gasteiger partial charge < -0.3 is 10.1 Å². The molecule has 7 heteroatoms. The lowest BCUT2D eigenvalue weighted by Crippen LogP contribution is -2.24. The van der Waals surface area contributed by atoms with E-state index >= 15 is 0 Å². The van der Waals surface area contributed by atoms with Crippen LogP contribution in [0.1, 0.15) is 21.5 Å². The van der Waals surface area contributed by atoms with Crippen LogP contribution in [0.5, 0.6) is 5.75 Å². The Morgan fingerprint density at radius 2 is 1.96 bits per heavy atom. The van der Waals surface area contributed by atoms with E-state index in [9.17, 15) is 13.2 Å². The van der Waals surface area contributed by atoms with Crippen LogP contribution in [0.4, 0.5) is 0 Å². The van der Waals surface area contributed by atoms with Crippen molar-refractivity contribution >= 4 is 15.9 Å². The molecule has 122 valence electrons. The molecule has 23 heavy (non-hydrogen) atoms. The van der Waals surface area contributed by atoms with Crippen LogP contribution < -0.4 is 15.2 Å². The SMILES string of the molecule is COc1ccc(S(N)(=O)=O)cc1C(=O)NCc1cccc(C)c1. The summed E-state index contributed by atoms with van der Waals surface area (Å²) >= 11 is 0. The van der Waals surface area contributed by atoms with Crippen LogP contribution >= 0.6 is 0 Å². The van der Waals surface area contributed by atoms with Crippen molar-refractivity contribution in [3.05, 3.63) is 59.2 Å². The van der Waals surface area contributed by atoms with Crippen LogP contribution in [-0.4, -0.2) is 21.4 Å². The zero-order valence-corrected chi connectivity index (χ0v) is 13.7. The summed E-state index contributed by atoms with van der Waals surface area (Å²) in [7, 11) is -2.49. The zero-order chi connectivity index (χ0) is 17.0. The molecular weight excluding hydrogens is 316 g/mol. The molecule has 0 heterocycles. The lowest BCUT2D eigenvalue weighted by atomic mass is 10.1. The number of nitrogens with one attached hydrogen (secondary N) is 1. The topological polar surface area (TPSA) is 98.5 Å². The van der Waals surface area contributed by atoms with Crippen LogP contribution in [0.2, 0.25) is 0 Å². The average Bonchev–Trinajstić information content (AvgIpc) is 2.51. The van der Waals surface area contributed by atoms with Crippen LogP contribution in [0.25, 0.3) is 0 Å². The standard InChI is InChI=1S/C16H18N2O4S/c1-11-4-3-5-12(8-11)10-18-16(19)14-9-13(23(17,20)21)6-7-15(14)22-2/h3-9H,10H2,1-2H3,(H,18,19)(H2,17,20,21). The average molecular weight is 334 g/mol. The van der Waals surface area contributed by atoms with E-state index in [-0.39, 0.29) is 16.2 Å². The fourth-order valence-corrected chi connectivity index (χ4v) is 2.68. The molecule has 0 spiro atoms. The summed E-state index contributed by atoms with van der Waals surface area (Å²) in [4.78, 5) is 12.2. The summed E-state index contributed by atoms with van der Waals surface area (Å²) in [5.74, 6) is -0.159. The first-order chi connectivity index (χ1) is 10.8. The van der Waals surface area contributed by atoms with Crippen molar-refractivity contribution < 1.29 is 17.9 Å². The van der Waals surface area contributed by atoms with E-state index in [2.05, 4.69) is 5.32 Å². The highest BCUT2D eigenvalue weighted by atomic mass is 32.2. The van der Waals surface area contributed by atoms with E-state index in [0.29, 0.717) is 6.54 Å². The normalized spacial score (nSPS) is 11.1. The molecule has 0 radical (unpaired) electrons. The van der Waals surface area contributed by atoms with Gasteiger partial charge in [0.1, 0.15) is 5.75 Å². The fourth-order valence-electron chi connectivity index (χ4n) is 2.14. The summed E-state index contributed by atoms with van der Waals surface area (Å²) in [6.07, 6.45) is 0. The van der Waals surface area contributed by atoms with Gasteiger partial charge in [-0.25, -0.2) is 13.6 Å². The highest BCUT2D eigenvalue weighted by Gasteiger charge is 2.17. The summed E-state index contributed by atoms with van der Waals surface area (Å²) < 4.78 is 28.0. The third-order valence-electron chi connectivity index (χ3n) is 3.28. The van der Waals surface area contributed by atoms with Crippen LogP contribution in [-0.2, 0) is 16.6 Å². The molecule has 0 unspecified atom stereocenters. The number of benzene rings is 2. The fraction of sp³-hybridized carbons (Fsp3) is 0.188. The smallest absolute Gasteiger partial charge is 0.255 e. The molecule has 0 aliphatic heterocycles. The second-order valence-corrected chi connectivity index (χ2v) is 6.64. The molecular formula is C16H18N2O4S. The summed E-state index contributed by atoms with van der Waals surface area (Å²) in [5.41, 5.74) is 2.15. The summed E-state index contributed by atoms with van der Waals surface area (Å²) in [6.45, 7) is 2.28. The van der Waals surface area contributed by atoms with Gasteiger partial charge in [0, 0.05) is 6.54 Å². The molecule has 0 aromatic heterocycles. The number of sulfonamides is 1. The molecule has 6 nitrogen and oxygen atoms in total. The Morgan fingerprint density at radius 3 is 2.57 bits per heavy atom. The Morgan fingerprint density at radius 1 is 1.22 bits per heavy atom. The summed E-state index contributed by atoms with van der Waals surface area (Å²) in [6, 6.07) is 11.6. The molecule has 0 saturated heterocycles. The lowest BCUT2D eigenvalue weighted by Gasteiger charge is -2.11. The van der Waals surface area contributed by atoms with Gasteiger partial charge in [-0.05, 0) is 30.7 Å².